The van der Waals surface area contributed by atoms with Crippen LogP contribution in [0.2, 0.25) is 0 Å². The zero-order valence-corrected chi connectivity index (χ0v) is 31.3. The Labute approximate surface area is 308 Å². The van der Waals surface area contributed by atoms with Crippen molar-refractivity contribution in [2.45, 2.75) is 85.6 Å². The average molecular weight is 805 g/mol. The summed E-state index contributed by atoms with van der Waals surface area (Å²) < 4.78 is 23.8. The number of ether oxygens (including phenoxy) is 4. The van der Waals surface area contributed by atoms with Gasteiger partial charge in [0, 0.05) is 0 Å². The zero-order valence-electron chi connectivity index (χ0n) is 28.0. The van der Waals surface area contributed by atoms with Gasteiger partial charge in [-0.1, -0.05) is 36.5 Å². The molecule has 0 amide bonds. The highest BCUT2D eigenvalue weighted by molar-refractivity contribution is 8.00. The normalized spacial score (nSPS) is 24.0. The Kier molecular flexibility index (Phi) is 12.5. The molecule has 0 bridgehead atoms. The summed E-state index contributed by atoms with van der Waals surface area (Å²) in [4.78, 5) is 84.5. The molecular formula is C28H36N8O12S4. The molecule has 284 valence electrons. The molecule has 2 fully saturated rings. The molecule has 20 nitrogen and oxygen atoms in total. The summed E-state index contributed by atoms with van der Waals surface area (Å²) in [6, 6.07) is 0. The smallest absolute Gasteiger partial charge is 0.311 e. The Morgan fingerprint density at radius 3 is 1.46 bits per heavy atom. The summed E-state index contributed by atoms with van der Waals surface area (Å²) in [5.41, 5.74) is 9.09. The van der Waals surface area contributed by atoms with E-state index in [1.165, 1.54) is 46.9 Å². The minimum Gasteiger partial charge on any atom is -0.469 e. The summed E-state index contributed by atoms with van der Waals surface area (Å²) >= 11 is 3.93. The van der Waals surface area contributed by atoms with Crippen LogP contribution in [0.4, 0.5) is 11.9 Å². The maximum Gasteiger partial charge on any atom is 0.311 e. The number of aromatic nitrogens is 6. The van der Waals surface area contributed by atoms with Crippen LogP contribution >= 0.6 is 46.2 Å². The largest absolute Gasteiger partial charge is 0.469 e. The molecule has 4 aromatic heterocycles. The lowest BCUT2D eigenvalue weighted by atomic mass is 10.2. The second-order valence-electron chi connectivity index (χ2n) is 11.3. The molecule has 8 N–H and O–H groups in total. The first kappa shape index (κ1) is 39.4. The van der Waals surface area contributed by atoms with E-state index in [0.717, 1.165) is 22.7 Å². The highest BCUT2D eigenvalue weighted by Crippen LogP contribution is 2.44. The van der Waals surface area contributed by atoms with Crippen LogP contribution in [-0.4, -0.2) is 99.0 Å². The van der Waals surface area contributed by atoms with Gasteiger partial charge in [-0.15, -0.1) is 23.5 Å². The minimum absolute atomic E-state index is 0.0266. The van der Waals surface area contributed by atoms with Crippen molar-refractivity contribution in [3.8, 4) is 0 Å². The number of carbonyl (C=O) groups is 2. The van der Waals surface area contributed by atoms with Gasteiger partial charge in [-0.2, -0.15) is 9.97 Å². The quantitative estimate of drug-likeness (QED) is 0.115. The molecule has 6 rings (SSSR count). The monoisotopic (exact) mass is 804 g/mol. The van der Waals surface area contributed by atoms with Crippen molar-refractivity contribution in [1.29, 1.82) is 0 Å². The highest BCUT2D eigenvalue weighted by Gasteiger charge is 2.44. The maximum absolute atomic E-state index is 12.5. The number of aromatic amines is 2. The Morgan fingerprint density at radius 1 is 0.769 bits per heavy atom. The number of esters is 2. The van der Waals surface area contributed by atoms with Crippen LogP contribution in [0.1, 0.15) is 52.0 Å². The SMILES string of the molecule is CC[C@H](O)[C@@H]1O[C@@H](n2c(=O)sc3c(=O)[nH]c(N)nc32)[C@H](CC(=O)OC)S1.CC[C@H](O)[C@H]1O[C@@H](n2c(=O)sc3c(=O)[nH]c(N)nc32)[C@H](CC(=O)OC)S1. The Bertz CT molecular complexity index is 2030. The van der Waals surface area contributed by atoms with Gasteiger partial charge in [-0.25, -0.2) is 0 Å². The fourth-order valence-corrected chi connectivity index (χ4v) is 9.91. The van der Waals surface area contributed by atoms with Crippen LogP contribution in [0, 0.1) is 0 Å². The van der Waals surface area contributed by atoms with Crippen LogP contribution < -0.4 is 32.3 Å². The first-order chi connectivity index (χ1) is 24.7. The van der Waals surface area contributed by atoms with Crippen molar-refractivity contribution < 1.29 is 38.7 Å². The van der Waals surface area contributed by atoms with Crippen LogP contribution in [0.3, 0.4) is 0 Å². The van der Waals surface area contributed by atoms with Crippen molar-refractivity contribution in [3.05, 3.63) is 40.0 Å². The van der Waals surface area contributed by atoms with Gasteiger partial charge in [0.2, 0.25) is 11.9 Å². The molecule has 2 aliphatic rings. The third-order valence-electron chi connectivity index (χ3n) is 7.95. The van der Waals surface area contributed by atoms with Crippen molar-refractivity contribution in [1.82, 2.24) is 29.1 Å². The number of nitrogens with one attached hydrogen (secondary N) is 2. The molecule has 0 aliphatic carbocycles. The first-order valence-electron chi connectivity index (χ1n) is 15.6. The number of thiazole rings is 2. The van der Waals surface area contributed by atoms with Gasteiger partial charge in [-0.05, 0) is 12.8 Å². The highest BCUT2D eigenvalue weighted by atomic mass is 32.2. The molecule has 8 atom stereocenters. The number of hydrogen-bond acceptors (Lipinski definition) is 20. The number of rotatable bonds is 10. The number of fused-ring (bicyclic) bond motifs is 2. The standard InChI is InChI=1S/2C14H18N4O6S2/c2*1-3-5(19)12-24-11(6(25-12)4-7(20)23-2)18-9-8(26-14(18)22)10(21)17-13(15)16-9/h2*5-6,11-12,19H,3-4H2,1-2H3,(H3,15,16,17,21)/t5-,6-,11+,12+;5-,6-,11+,12-/m00/s1. The molecule has 0 saturated carbocycles. The van der Waals surface area contributed by atoms with Crippen molar-refractivity contribution >= 4 is 90.7 Å². The minimum atomic E-state index is -0.889. The number of methoxy groups -OCH3 is 2. The topological polar surface area (TPSA) is 299 Å². The summed E-state index contributed by atoms with van der Waals surface area (Å²) in [6.07, 6.45) is -2.48. The van der Waals surface area contributed by atoms with Gasteiger partial charge >= 0.3 is 21.7 Å². The Morgan fingerprint density at radius 2 is 1.13 bits per heavy atom. The fraction of sp³-hybridized carbons (Fsp3) is 0.571. The van der Waals surface area contributed by atoms with E-state index in [9.17, 15) is 39.0 Å². The van der Waals surface area contributed by atoms with E-state index in [1.54, 1.807) is 13.8 Å². The molecule has 2 aliphatic heterocycles. The zero-order chi connectivity index (χ0) is 38.0. The van der Waals surface area contributed by atoms with Gasteiger partial charge < -0.3 is 40.6 Å². The van der Waals surface area contributed by atoms with Crippen molar-refractivity contribution in [2.24, 2.45) is 0 Å². The van der Waals surface area contributed by atoms with E-state index >= 15 is 0 Å². The lowest BCUT2D eigenvalue weighted by molar-refractivity contribution is -0.142. The number of nitrogens with zero attached hydrogens (tertiary/aromatic N) is 4. The number of anilines is 2. The third-order valence-corrected chi connectivity index (χ3v) is 12.7. The fourth-order valence-electron chi connectivity index (χ4n) is 5.33. The van der Waals surface area contributed by atoms with E-state index in [-0.39, 0.29) is 45.4 Å². The van der Waals surface area contributed by atoms with E-state index in [0.29, 0.717) is 12.8 Å². The lowest BCUT2D eigenvalue weighted by Crippen LogP contribution is -2.29. The number of carbonyl (C=O) groups excluding carboxylic acids is 2. The molecule has 52 heavy (non-hydrogen) atoms. The van der Waals surface area contributed by atoms with E-state index in [2.05, 4.69) is 19.9 Å². The van der Waals surface area contributed by atoms with E-state index in [4.69, 9.17) is 30.4 Å². The van der Waals surface area contributed by atoms with Crippen LogP contribution in [-0.2, 0) is 28.5 Å². The summed E-state index contributed by atoms with van der Waals surface area (Å²) in [5, 5.41) is 19.2. The van der Waals surface area contributed by atoms with E-state index in [1.807, 2.05) is 0 Å². The molecule has 0 unspecified atom stereocenters. The molecule has 0 radical (unpaired) electrons. The number of aliphatic hydroxyl groups excluding tert-OH is 2. The molecule has 24 heteroatoms. The Hall–Kier alpha value is -3.78. The van der Waals surface area contributed by atoms with Gasteiger partial charge in [-0.3, -0.25) is 47.9 Å². The number of H-pyrrole nitrogens is 2. The maximum atomic E-state index is 12.5. The van der Waals surface area contributed by atoms with Gasteiger partial charge in [0.1, 0.15) is 20.3 Å². The second-order valence-corrected chi connectivity index (χ2v) is 15.9. The Balaban J connectivity index is 0.000000201. The average Bonchev–Trinajstić information content (AvgIpc) is 3.87. The third kappa shape index (κ3) is 8.07. The molecule has 4 aromatic rings. The van der Waals surface area contributed by atoms with E-state index < -0.39 is 78.8 Å². The van der Waals surface area contributed by atoms with Crippen molar-refractivity contribution in [2.75, 3.05) is 25.7 Å². The number of nitrogen functional groups attached to an aromatic ring is 2. The predicted octanol–water partition coefficient (Wildman–Crippen LogP) is 0.0384. The number of thioether (sulfide) groups is 2. The molecule has 2 saturated heterocycles. The summed E-state index contributed by atoms with van der Waals surface area (Å²) in [7, 11) is 2.54. The molecule has 0 spiro atoms. The van der Waals surface area contributed by atoms with Crippen LogP contribution in [0.5, 0.6) is 0 Å². The summed E-state index contributed by atoms with van der Waals surface area (Å²) in [5.74, 6) is -1.20. The molecule has 6 heterocycles. The first-order valence-corrected chi connectivity index (χ1v) is 19.2. The number of aliphatic hydroxyl groups is 2. The number of nitrogens with two attached hydrogens (primary N) is 2. The molecule has 0 aromatic carbocycles. The van der Waals surface area contributed by atoms with Gasteiger partial charge in [0.05, 0.1) is 49.8 Å². The van der Waals surface area contributed by atoms with Crippen LogP contribution in [0.15, 0.2) is 19.2 Å². The van der Waals surface area contributed by atoms with Gasteiger partial charge in [0.15, 0.2) is 23.8 Å². The molecular weight excluding hydrogens is 769 g/mol. The second kappa shape index (κ2) is 16.5. The van der Waals surface area contributed by atoms with Gasteiger partial charge in [0.25, 0.3) is 11.1 Å². The lowest BCUT2D eigenvalue weighted by Gasteiger charge is -2.18. The number of hydrogen-bond donors (Lipinski definition) is 6. The van der Waals surface area contributed by atoms with Crippen LogP contribution in [0.25, 0.3) is 20.7 Å². The summed E-state index contributed by atoms with van der Waals surface area (Å²) in [6.45, 7) is 3.59. The predicted molar refractivity (Wildman–Crippen MR) is 194 cm³/mol. The van der Waals surface area contributed by atoms with Crippen molar-refractivity contribution in [3.63, 3.8) is 0 Å².